The quantitative estimate of drug-likeness (QED) is 0.886. The first kappa shape index (κ1) is 18.5. The molecular formula is C18H17F3N2O2. The average molecular weight is 350 g/mol. The second-order valence-electron chi connectivity index (χ2n) is 5.50. The second kappa shape index (κ2) is 7.38. The molecule has 0 aliphatic rings. The molecule has 0 heterocycles. The van der Waals surface area contributed by atoms with Gasteiger partial charge in [-0.2, -0.15) is 13.2 Å². The van der Waals surface area contributed by atoms with Crippen LogP contribution in [0.5, 0.6) is 0 Å². The van der Waals surface area contributed by atoms with Crippen LogP contribution < -0.4 is 10.6 Å². The Hall–Kier alpha value is -2.83. The molecule has 0 aliphatic heterocycles. The van der Waals surface area contributed by atoms with Crippen molar-refractivity contribution < 1.29 is 22.8 Å². The highest BCUT2D eigenvalue weighted by Crippen LogP contribution is 2.29. The van der Waals surface area contributed by atoms with Crippen LogP contribution in [0.2, 0.25) is 0 Å². The normalized spacial score (nSPS) is 11.1. The van der Waals surface area contributed by atoms with Gasteiger partial charge in [0.2, 0.25) is 5.91 Å². The number of carbonyl (C=O) groups is 2. The van der Waals surface area contributed by atoms with Crippen molar-refractivity contribution in [1.82, 2.24) is 5.32 Å². The van der Waals surface area contributed by atoms with Crippen molar-refractivity contribution in [2.75, 3.05) is 12.4 Å². The standard InChI is InChI=1S/C18H17F3N2O2/c1-11-5-3-8-14(16(11)17(25)22-2)23-15(24)10-12-6-4-7-13(9-12)18(19,20)21/h3-9H,10H2,1-2H3,(H,22,25)(H,23,24). The number of carbonyl (C=O) groups excluding carboxylic acids is 2. The van der Waals surface area contributed by atoms with Gasteiger partial charge in [0, 0.05) is 7.05 Å². The Morgan fingerprint density at radius 2 is 1.76 bits per heavy atom. The molecule has 2 rings (SSSR count). The fourth-order valence-electron chi connectivity index (χ4n) is 2.44. The predicted octanol–water partition coefficient (Wildman–Crippen LogP) is 3.55. The molecule has 2 aromatic rings. The van der Waals surface area contributed by atoms with Gasteiger partial charge in [-0.15, -0.1) is 0 Å². The van der Waals surface area contributed by atoms with Gasteiger partial charge in [0.25, 0.3) is 5.91 Å². The maximum atomic E-state index is 12.7. The Bertz CT molecular complexity index is 801. The van der Waals surface area contributed by atoms with Crippen LogP contribution in [0.1, 0.15) is 27.0 Å². The molecule has 0 saturated heterocycles. The van der Waals surface area contributed by atoms with Crippen LogP contribution in [0.3, 0.4) is 0 Å². The minimum absolute atomic E-state index is 0.231. The van der Waals surface area contributed by atoms with Gasteiger partial charge >= 0.3 is 6.18 Å². The third-order valence-electron chi connectivity index (χ3n) is 3.62. The Morgan fingerprint density at radius 3 is 2.40 bits per heavy atom. The van der Waals surface area contributed by atoms with Crippen LogP contribution in [-0.2, 0) is 17.4 Å². The monoisotopic (exact) mass is 350 g/mol. The van der Waals surface area contributed by atoms with Gasteiger partial charge in [0.15, 0.2) is 0 Å². The van der Waals surface area contributed by atoms with Gasteiger partial charge in [0.05, 0.1) is 23.2 Å². The number of amides is 2. The summed E-state index contributed by atoms with van der Waals surface area (Å²) in [7, 11) is 1.48. The summed E-state index contributed by atoms with van der Waals surface area (Å²) in [5.41, 5.74) is 0.746. The van der Waals surface area contributed by atoms with Crippen molar-refractivity contribution in [3.8, 4) is 0 Å². The minimum Gasteiger partial charge on any atom is -0.355 e. The maximum absolute atomic E-state index is 12.7. The van der Waals surface area contributed by atoms with Gasteiger partial charge in [-0.25, -0.2) is 0 Å². The molecule has 0 atom stereocenters. The molecule has 0 aliphatic carbocycles. The third kappa shape index (κ3) is 4.59. The third-order valence-corrected chi connectivity index (χ3v) is 3.62. The SMILES string of the molecule is CNC(=O)c1c(C)cccc1NC(=O)Cc1cccc(C(F)(F)F)c1. The lowest BCUT2D eigenvalue weighted by molar-refractivity contribution is -0.137. The number of rotatable bonds is 4. The first-order valence-electron chi connectivity index (χ1n) is 7.50. The number of alkyl halides is 3. The van der Waals surface area contributed by atoms with Crippen LogP contribution in [-0.4, -0.2) is 18.9 Å². The molecule has 25 heavy (non-hydrogen) atoms. The van der Waals surface area contributed by atoms with E-state index in [2.05, 4.69) is 10.6 Å². The van der Waals surface area contributed by atoms with E-state index in [0.717, 1.165) is 12.1 Å². The molecular weight excluding hydrogens is 333 g/mol. The largest absolute Gasteiger partial charge is 0.416 e. The van der Waals surface area contributed by atoms with Crippen molar-refractivity contribution in [2.45, 2.75) is 19.5 Å². The first-order chi connectivity index (χ1) is 11.7. The molecule has 2 amide bonds. The Balaban J connectivity index is 2.19. The molecule has 4 nitrogen and oxygen atoms in total. The molecule has 0 unspecified atom stereocenters. The lowest BCUT2D eigenvalue weighted by atomic mass is 10.0. The topological polar surface area (TPSA) is 58.2 Å². The Labute approximate surface area is 143 Å². The lowest BCUT2D eigenvalue weighted by Gasteiger charge is -2.13. The minimum atomic E-state index is -4.46. The van der Waals surface area contributed by atoms with E-state index < -0.39 is 17.6 Å². The molecule has 0 radical (unpaired) electrons. The smallest absolute Gasteiger partial charge is 0.355 e. The van der Waals surface area contributed by atoms with Crippen molar-refractivity contribution in [2.24, 2.45) is 0 Å². The lowest BCUT2D eigenvalue weighted by Crippen LogP contribution is -2.23. The van der Waals surface area contributed by atoms with Gasteiger partial charge in [-0.3, -0.25) is 9.59 Å². The molecule has 0 fully saturated rings. The Morgan fingerprint density at radius 1 is 1.08 bits per heavy atom. The summed E-state index contributed by atoms with van der Waals surface area (Å²) in [5, 5.41) is 5.09. The van der Waals surface area contributed by atoms with E-state index in [1.165, 1.54) is 19.2 Å². The summed E-state index contributed by atoms with van der Waals surface area (Å²) in [5.74, 6) is -0.859. The van der Waals surface area contributed by atoms with Gasteiger partial charge in [-0.1, -0.05) is 30.3 Å². The van der Waals surface area contributed by atoms with Crippen LogP contribution in [0.25, 0.3) is 0 Å². The highest BCUT2D eigenvalue weighted by Gasteiger charge is 2.30. The molecule has 2 aromatic carbocycles. The van der Waals surface area contributed by atoms with Crippen LogP contribution >= 0.6 is 0 Å². The number of halogens is 3. The molecule has 0 saturated carbocycles. The second-order valence-corrected chi connectivity index (χ2v) is 5.50. The maximum Gasteiger partial charge on any atom is 0.416 e. The number of aryl methyl sites for hydroxylation is 1. The zero-order chi connectivity index (χ0) is 18.6. The fourth-order valence-corrected chi connectivity index (χ4v) is 2.44. The number of hydrogen-bond acceptors (Lipinski definition) is 2. The molecule has 0 aromatic heterocycles. The van der Waals surface area contributed by atoms with Crippen molar-refractivity contribution in [3.63, 3.8) is 0 Å². The summed E-state index contributed by atoms with van der Waals surface area (Å²) in [6, 6.07) is 9.58. The van der Waals surface area contributed by atoms with Crippen LogP contribution in [0, 0.1) is 6.92 Å². The summed E-state index contributed by atoms with van der Waals surface area (Å²) < 4.78 is 38.2. The first-order valence-corrected chi connectivity index (χ1v) is 7.50. The molecule has 2 N–H and O–H groups in total. The summed E-state index contributed by atoms with van der Waals surface area (Å²) in [6.45, 7) is 1.73. The average Bonchev–Trinajstić information content (AvgIpc) is 2.53. The van der Waals surface area contributed by atoms with Gasteiger partial charge in [0.1, 0.15) is 0 Å². The number of hydrogen-bond donors (Lipinski definition) is 2. The Kier molecular flexibility index (Phi) is 5.46. The number of benzene rings is 2. The molecule has 7 heteroatoms. The van der Waals surface area contributed by atoms with Gasteiger partial charge < -0.3 is 10.6 Å². The highest BCUT2D eigenvalue weighted by atomic mass is 19.4. The van der Waals surface area contributed by atoms with Gasteiger partial charge in [-0.05, 0) is 30.2 Å². The predicted molar refractivity (Wildman–Crippen MR) is 88.3 cm³/mol. The van der Waals surface area contributed by atoms with Crippen LogP contribution in [0.4, 0.5) is 18.9 Å². The van der Waals surface area contributed by atoms with E-state index in [-0.39, 0.29) is 17.9 Å². The van der Waals surface area contributed by atoms with Crippen molar-refractivity contribution in [3.05, 3.63) is 64.7 Å². The molecule has 0 spiro atoms. The molecule has 0 bridgehead atoms. The number of nitrogens with one attached hydrogen (secondary N) is 2. The summed E-state index contributed by atoms with van der Waals surface area (Å²) >= 11 is 0. The molecule has 132 valence electrons. The summed E-state index contributed by atoms with van der Waals surface area (Å²) in [6.07, 6.45) is -4.69. The van der Waals surface area contributed by atoms with E-state index in [0.29, 0.717) is 16.8 Å². The van der Waals surface area contributed by atoms with E-state index in [4.69, 9.17) is 0 Å². The van der Waals surface area contributed by atoms with E-state index in [1.54, 1.807) is 25.1 Å². The number of anilines is 1. The summed E-state index contributed by atoms with van der Waals surface area (Å²) in [4.78, 5) is 24.2. The zero-order valence-electron chi connectivity index (χ0n) is 13.7. The van der Waals surface area contributed by atoms with Crippen molar-refractivity contribution >= 4 is 17.5 Å². The van der Waals surface area contributed by atoms with Crippen molar-refractivity contribution in [1.29, 1.82) is 0 Å². The zero-order valence-corrected chi connectivity index (χ0v) is 13.7. The van der Waals surface area contributed by atoms with E-state index in [1.807, 2.05) is 0 Å². The van der Waals surface area contributed by atoms with Crippen LogP contribution in [0.15, 0.2) is 42.5 Å². The van der Waals surface area contributed by atoms with E-state index in [9.17, 15) is 22.8 Å². The highest BCUT2D eigenvalue weighted by molar-refractivity contribution is 6.05. The fraction of sp³-hybridized carbons (Fsp3) is 0.222. The van der Waals surface area contributed by atoms with E-state index >= 15 is 0 Å².